The molecular weight excluding hydrogens is 240 g/mol. The molecular formula is C15H12N2O2. The van der Waals surface area contributed by atoms with Crippen molar-refractivity contribution >= 4 is 17.0 Å². The fourth-order valence-corrected chi connectivity index (χ4v) is 1.74. The van der Waals surface area contributed by atoms with Gasteiger partial charge in [-0.2, -0.15) is 0 Å². The first-order chi connectivity index (χ1) is 9.43. The molecule has 1 aromatic heterocycles. The normalized spacial score (nSPS) is 11.8. The van der Waals surface area contributed by atoms with Gasteiger partial charge < -0.3 is 9.36 Å². The van der Waals surface area contributed by atoms with Gasteiger partial charge in [0.05, 0.1) is 6.20 Å². The third kappa shape index (κ3) is 2.57. The predicted octanol–water partition coefficient (Wildman–Crippen LogP) is 3.38. The number of rotatable bonds is 0. The number of benzene rings is 2. The summed E-state index contributed by atoms with van der Waals surface area (Å²) in [6, 6.07) is 15.6. The second kappa shape index (κ2) is 5.27. The molecule has 4 rings (SSSR count). The average molecular weight is 252 g/mol. The Labute approximate surface area is 110 Å². The van der Waals surface area contributed by atoms with E-state index in [2.05, 4.69) is 10.6 Å². The van der Waals surface area contributed by atoms with Crippen LogP contribution in [0.4, 0.5) is 0 Å². The first kappa shape index (κ1) is 11.3. The van der Waals surface area contributed by atoms with Gasteiger partial charge in [-0.3, -0.25) is 0 Å². The molecule has 0 spiro atoms. The van der Waals surface area contributed by atoms with E-state index in [-0.39, 0.29) is 0 Å². The van der Waals surface area contributed by atoms with Crippen LogP contribution in [0.15, 0.2) is 65.5 Å². The van der Waals surface area contributed by atoms with Crippen molar-refractivity contribution in [3.63, 3.8) is 0 Å². The van der Waals surface area contributed by atoms with E-state index >= 15 is 0 Å². The van der Waals surface area contributed by atoms with Crippen molar-refractivity contribution in [1.29, 1.82) is 0 Å². The maximum absolute atomic E-state index is 5.09. The Bertz CT molecular complexity index is 674. The van der Waals surface area contributed by atoms with Crippen molar-refractivity contribution in [2.45, 2.75) is 0 Å². The number of nitrogens with one attached hydrogen (secondary N) is 1. The van der Waals surface area contributed by atoms with Crippen molar-refractivity contribution in [3.05, 3.63) is 66.5 Å². The van der Waals surface area contributed by atoms with Crippen LogP contribution in [0, 0.1) is 0 Å². The molecule has 1 N–H and O–H groups in total. The summed E-state index contributed by atoms with van der Waals surface area (Å²) in [5.74, 6) is 0.880. The molecule has 0 aliphatic carbocycles. The zero-order valence-corrected chi connectivity index (χ0v) is 10.1. The largest absolute Gasteiger partial charge is 0.382 e. The smallest absolute Gasteiger partial charge is 0.166 e. The fraction of sp³-hybridized carbons (Fsp3) is 0. The molecule has 0 amide bonds. The second-order valence-electron chi connectivity index (χ2n) is 3.95. The number of hydrogen-bond donors (Lipinski definition) is 1. The topological polar surface area (TPSA) is 47.3 Å². The lowest BCUT2D eigenvalue weighted by atomic mass is 10.2. The van der Waals surface area contributed by atoms with E-state index in [9.17, 15) is 0 Å². The Morgan fingerprint density at radius 1 is 0.947 bits per heavy atom. The lowest BCUT2D eigenvalue weighted by Gasteiger charge is -2.11. The van der Waals surface area contributed by atoms with Crippen LogP contribution in [-0.4, -0.2) is 5.16 Å². The summed E-state index contributed by atoms with van der Waals surface area (Å²) < 4.78 is 4.87. The molecule has 1 aliphatic rings. The number of nitrogens with zero attached hydrogens (tertiary/aromatic N) is 1. The van der Waals surface area contributed by atoms with E-state index in [1.54, 1.807) is 12.4 Å². The molecule has 0 fully saturated rings. The molecule has 0 saturated carbocycles. The standard InChI is InChI=1S/C8H7NO.C7H5NO/c1-2-4-8-7(3-1)5-6-9-10-8;1-2-4-7-6(3-1)5-8-9-7/h1-6,9H;1-5H. The van der Waals surface area contributed by atoms with Crippen LogP contribution in [0.2, 0.25) is 0 Å². The maximum Gasteiger partial charge on any atom is 0.166 e. The minimum atomic E-state index is 0.845. The van der Waals surface area contributed by atoms with Crippen molar-refractivity contribution in [2.75, 3.05) is 0 Å². The summed E-state index contributed by atoms with van der Waals surface area (Å²) in [7, 11) is 0. The van der Waals surface area contributed by atoms with Crippen LogP contribution >= 0.6 is 0 Å². The minimum Gasteiger partial charge on any atom is -0.382 e. The van der Waals surface area contributed by atoms with E-state index in [1.165, 1.54) is 0 Å². The van der Waals surface area contributed by atoms with E-state index in [4.69, 9.17) is 9.36 Å². The molecule has 0 atom stereocenters. The Morgan fingerprint density at radius 2 is 1.79 bits per heavy atom. The van der Waals surface area contributed by atoms with Gasteiger partial charge in [0.1, 0.15) is 0 Å². The quantitative estimate of drug-likeness (QED) is 0.666. The lowest BCUT2D eigenvalue weighted by Crippen LogP contribution is -2.13. The maximum atomic E-state index is 5.09. The predicted molar refractivity (Wildman–Crippen MR) is 73.2 cm³/mol. The van der Waals surface area contributed by atoms with E-state index in [0.717, 1.165) is 22.3 Å². The molecule has 19 heavy (non-hydrogen) atoms. The summed E-state index contributed by atoms with van der Waals surface area (Å²) in [5, 5.41) is 4.68. The van der Waals surface area contributed by atoms with Gasteiger partial charge in [0.25, 0.3) is 0 Å². The third-order valence-electron chi connectivity index (χ3n) is 2.68. The highest BCUT2D eigenvalue weighted by Crippen LogP contribution is 2.20. The minimum absolute atomic E-state index is 0.845. The first-order valence-electron chi connectivity index (χ1n) is 5.91. The summed E-state index contributed by atoms with van der Waals surface area (Å²) >= 11 is 0. The van der Waals surface area contributed by atoms with E-state index in [1.807, 2.05) is 54.6 Å². The molecule has 2 heterocycles. The Hall–Kier alpha value is -2.75. The molecule has 94 valence electrons. The molecule has 4 heteroatoms. The molecule has 0 radical (unpaired) electrons. The van der Waals surface area contributed by atoms with Crippen LogP contribution in [0.3, 0.4) is 0 Å². The van der Waals surface area contributed by atoms with Gasteiger partial charge in [-0.25, -0.2) is 5.48 Å². The van der Waals surface area contributed by atoms with Crippen LogP contribution < -0.4 is 10.3 Å². The fourth-order valence-electron chi connectivity index (χ4n) is 1.74. The molecule has 3 aromatic rings. The van der Waals surface area contributed by atoms with Gasteiger partial charge in [0.2, 0.25) is 0 Å². The van der Waals surface area contributed by atoms with Gasteiger partial charge in [-0.05, 0) is 24.3 Å². The molecule has 0 saturated heterocycles. The van der Waals surface area contributed by atoms with Gasteiger partial charge in [0.15, 0.2) is 11.3 Å². The van der Waals surface area contributed by atoms with Crippen molar-refractivity contribution in [2.24, 2.45) is 0 Å². The van der Waals surface area contributed by atoms with Crippen molar-refractivity contribution < 1.29 is 9.36 Å². The van der Waals surface area contributed by atoms with E-state index < -0.39 is 0 Å². The highest BCUT2D eigenvalue weighted by atomic mass is 16.6. The van der Waals surface area contributed by atoms with Crippen LogP contribution in [0.1, 0.15) is 5.56 Å². The second-order valence-corrected chi connectivity index (χ2v) is 3.95. The summed E-state index contributed by atoms with van der Waals surface area (Å²) in [5.41, 5.74) is 4.62. The summed E-state index contributed by atoms with van der Waals surface area (Å²) in [6.45, 7) is 0. The van der Waals surface area contributed by atoms with Crippen LogP contribution in [0.25, 0.3) is 17.0 Å². The van der Waals surface area contributed by atoms with Gasteiger partial charge >= 0.3 is 0 Å². The van der Waals surface area contributed by atoms with Crippen LogP contribution in [0.5, 0.6) is 5.75 Å². The average Bonchev–Trinajstić information content (AvgIpc) is 2.96. The van der Waals surface area contributed by atoms with Crippen molar-refractivity contribution in [1.82, 2.24) is 10.6 Å². The first-order valence-corrected chi connectivity index (χ1v) is 5.91. The van der Waals surface area contributed by atoms with Gasteiger partial charge in [0, 0.05) is 17.1 Å². The Balaban J connectivity index is 0.000000117. The number of hydrogen-bond acceptors (Lipinski definition) is 4. The zero-order chi connectivity index (χ0) is 12.9. The number of aromatic nitrogens is 1. The van der Waals surface area contributed by atoms with Crippen LogP contribution in [-0.2, 0) is 0 Å². The number of fused-ring (bicyclic) bond motifs is 2. The molecule has 4 nitrogen and oxygen atoms in total. The van der Waals surface area contributed by atoms with Gasteiger partial charge in [-0.1, -0.05) is 35.5 Å². The molecule has 1 aliphatic heterocycles. The lowest BCUT2D eigenvalue weighted by molar-refractivity contribution is 0.239. The summed E-state index contributed by atoms with van der Waals surface area (Å²) in [6.07, 6.45) is 5.44. The monoisotopic (exact) mass is 252 g/mol. The highest BCUT2D eigenvalue weighted by Gasteiger charge is 2.01. The Kier molecular flexibility index (Phi) is 3.14. The van der Waals surface area contributed by atoms with E-state index in [0.29, 0.717) is 0 Å². The number of hydroxylamine groups is 1. The molecule has 0 bridgehead atoms. The SMILES string of the molecule is C1=Cc2ccccc2ON1.c1ccc2oncc2c1. The summed E-state index contributed by atoms with van der Waals surface area (Å²) in [4.78, 5) is 5.09. The highest BCUT2D eigenvalue weighted by molar-refractivity contribution is 5.75. The zero-order valence-electron chi connectivity index (χ0n) is 10.1. The van der Waals surface area contributed by atoms with Gasteiger partial charge in [-0.15, -0.1) is 0 Å². The third-order valence-corrected chi connectivity index (χ3v) is 2.68. The number of para-hydroxylation sites is 2. The molecule has 2 aromatic carbocycles. The Morgan fingerprint density at radius 3 is 2.68 bits per heavy atom. The van der Waals surface area contributed by atoms with Crippen molar-refractivity contribution in [3.8, 4) is 5.75 Å². The molecule has 0 unspecified atom stereocenters.